The monoisotopic (exact) mass is 365 g/mol. The van der Waals surface area contributed by atoms with Crippen LogP contribution in [0.5, 0.6) is 0 Å². The zero-order valence-electron chi connectivity index (χ0n) is 14.5. The molecule has 4 heteroatoms. The normalized spacial score (nSPS) is 15.6. The van der Waals surface area contributed by atoms with Gasteiger partial charge >= 0.3 is 0 Å². The number of nitrogens with one attached hydrogen (secondary N) is 1. The van der Waals surface area contributed by atoms with Crippen molar-refractivity contribution >= 4 is 45.1 Å². The Labute approximate surface area is 156 Å². The molecule has 1 aliphatic heterocycles. The van der Waals surface area contributed by atoms with Gasteiger partial charge in [-0.15, -0.1) is 0 Å². The lowest BCUT2D eigenvalue weighted by molar-refractivity contribution is -0.665. The zero-order chi connectivity index (χ0) is 17.2. The van der Waals surface area contributed by atoms with Crippen LogP contribution in [0.3, 0.4) is 0 Å². The Morgan fingerprint density at radius 2 is 1.88 bits per heavy atom. The molecule has 0 unspecified atom stereocenters. The lowest BCUT2D eigenvalue weighted by Crippen LogP contribution is -2.33. The molecule has 2 aromatic carbocycles. The predicted molar refractivity (Wildman–Crippen MR) is 110 cm³/mol. The maximum Gasteiger partial charge on any atom is 0.263 e. The van der Waals surface area contributed by atoms with Crippen molar-refractivity contribution in [3.63, 3.8) is 0 Å². The second-order valence-electron chi connectivity index (χ2n) is 5.96. The first-order chi connectivity index (χ1) is 12.3. The molecule has 0 spiro atoms. The van der Waals surface area contributed by atoms with Crippen molar-refractivity contribution < 1.29 is 4.57 Å². The van der Waals surface area contributed by atoms with Crippen LogP contribution in [-0.2, 0) is 6.54 Å². The van der Waals surface area contributed by atoms with E-state index in [0.29, 0.717) is 0 Å². The molecule has 0 atom stereocenters. The Bertz CT molecular complexity index is 955. The van der Waals surface area contributed by atoms with Crippen molar-refractivity contribution in [2.45, 2.75) is 31.7 Å². The molecule has 2 heterocycles. The van der Waals surface area contributed by atoms with Crippen molar-refractivity contribution in [3.05, 3.63) is 70.2 Å². The first-order valence-corrected chi connectivity index (χ1v) is 10.3. The minimum atomic E-state index is 0.988. The molecule has 2 nitrogen and oxygen atoms in total. The van der Waals surface area contributed by atoms with Crippen LogP contribution in [0, 0.1) is 0 Å². The highest BCUT2D eigenvalue weighted by atomic mass is 32.2. The largest absolute Gasteiger partial charge is 0.349 e. The Hall–Kier alpha value is -2.04. The standard InChI is InChI=1S/C21H20N2S2/c1-3-15(13-20-22-16-9-5-7-11-18(16)24-20)14-21-23(4-2)17-10-6-8-12-19(17)25-21/h5-14H,3-4H2,1-2H3/p+1. The van der Waals surface area contributed by atoms with E-state index in [9.17, 15) is 0 Å². The van der Waals surface area contributed by atoms with Crippen LogP contribution >= 0.6 is 23.1 Å². The molecule has 0 aliphatic carbocycles. The van der Waals surface area contributed by atoms with Gasteiger partial charge in [-0.25, -0.2) is 0 Å². The zero-order valence-corrected chi connectivity index (χ0v) is 16.1. The summed E-state index contributed by atoms with van der Waals surface area (Å²) in [5.41, 5.74) is 3.88. The van der Waals surface area contributed by atoms with E-state index in [4.69, 9.17) is 0 Å². The molecular formula is C21H21N2S2+. The third-order valence-corrected chi connectivity index (χ3v) is 6.48. The summed E-state index contributed by atoms with van der Waals surface area (Å²) < 4.78 is 3.75. The van der Waals surface area contributed by atoms with Gasteiger partial charge in [0.05, 0.1) is 10.7 Å². The fraction of sp³-hybridized carbons (Fsp3) is 0.190. The molecule has 25 heavy (non-hydrogen) atoms. The molecule has 0 amide bonds. The fourth-order valence-corrected chi connectivity index (χ4v) is 5.25. The van der Waals surface area contributed by atoms with Gasteiger partial charge in [0.25, 0.3) is 5.01 Å². The van der Waals surface area contributed by atoms with Gasteiger partial charge < -0.3 is 5.32 Å². The molecule has 3 aromatic rings. The van der Waals surface area contributed by atoms with Gasteiger partial charge in [0.1, 0.15) is 11.2 Å². The maximum atomic E-state index is 3.52. The van der Waals surface area contributed by atoms with Crippen LogP contribution in [0.25, 0.3) is 16.3 Å². The average Bonchev–Trinajstić information content (AvgIpc) is 3.20. The van der Waals surface area contributed by atoms with E-state index < -0.39 is 0 Å². The lowest BCUT2D eigenvalue weighted by atomic mass is 10.2. The molecule has 0 saturated heterocycles. The van der Waals surface area contributed by atoms with Crippen LogP contribution in [0.4, 0.5) is 5.69 Å². The first-order valence-electron chi connectivity index (χ1n) is 8.66. The van der Waals surface area contributed by atoms with E-state index in [-0.39, 0.29) is 0 Å². The summed E-state index contributed by atoms with van der Waals surface area (Å²) in [6.45, 7) is 5.42. The summed E-state index contributed by atoms with van der Waals surface area (Å²) >= 11 is 3.68. The molecular weight excluding hydrogens is 344 g/mol. The van der Waals surface area contributed by atoms with Crippen molar-refractivity contribution in [1.29, 1.82) is 0 Å². The Balaban J connectivity index is 1.69. The number of aryl methyl sites for hydroxylation is 1. The number of benzene rings is 2. The summed E-state index contributed by atoms with van der Waals surface area (Å²) in [6, 6.07) is 17.1. The lowest BCUT2D eigenvalue weighted by Gasteiger charge is -2.01. The second kappa shape index (κ2) is 7.06. The van der Waals surface area contributed by atoms with Gasteiger partial charge in [0.2, 0.25) is 5.52 Å². The fourth-order valence-electron chi connectivity index (χ4n) is 3.06. The Kier molecular flexibility index (Phi) is 4.64. The highest BCUT2D eigenvalue weighted by molar-refractivity contribution is 8.03. The van der Waals surface area contributed by atoms with Crippen LogP contribution in [0.2, 0.25) is 0 Å². The number of para-hydroxylation sites is 2. The summed E-state index contributed by atoms with van der Waals surface area (Å²) in [6.07, 6.45) is 5.64. The number of hydrogen-bond acceptors (Lipinski definition) is 3. The average molecular weight is 366 g/mol. The van der Waals surface area contributed by atoms with Gasteiger partial charge in [0, 0.05) is 17.0 Å². The van der Waals surface area contributed by atoms with E-state index >= 15 is 0 Å². The summed E-state index contributed by atoms with van der Waals surface area (Å²) in [5.74, 6) is 0. The Morgan fingerprint density at radius 3 is 2.68 bits per heavy atom. The van der Waals surface area contributed by atoms with Crippen molar-refractivity contribution in [2.24, 2.45) is 0 Å². The smallest absolute Gasteiger partial charge is 0.263 e. The van der Waals surface area contributed by atoms with E-state index in [1.54, 1.807) is 0 Å². The van der Waals surface area contributed by atoms with Gasteiger partial charge in [0.15, 0.2) is 0 Å². The van der Waals surface area contributed by atoms with Crippen LogP contribution in [0.15, 0.2) is 70.1 Å². The van der Waals surface area contributed by atoms with E-state index in [1.807, 2.05) is 23.1 Å². The number of anilines is 1. The molecule has 126 valence electrons. The number of allylic oxidation sites excluding steroid dienone is 2. The van der Waals surface area contributed by atoms with Crippen LogP contribution in [-0.4, -0.2) is 0 Å². The highest BCUT2D eigenvalue weighted by Gasteiger charge is 2.18. The third-order valence-electron chi connectivity index (χ3n) is 4.35. The minimum absolute atomic E-state index is 0.988. The Morgan fingerprint density at radius 1 is 1.08 bits per heavy atom. The number of rotatable bonds is 4. The van der Waals surface area contributed by atoms with Gasteiger partial charge in [-0.05, 0) is 43.2 Å². The first kappa shape index (κ1) is 16.4. The maximum absolute atomic E-state index is 3.52. The van der Waals surface area contributed by atoms with Crippen molar-refractivity contribution in [3.8, 4) is 0 Å². The summed E-state index contributed by atoms with van der Waals surface area (Å²) in [7, 11) is 0. The van der Waals surface area contributed by atoms with Crippen molar-refractivity contribution in [1.82, 2.24) is 0 Å². The van der Waals surface area contributed by atoms with Gasteiger partial charge in [-0.1, -0.05) is 54.3 Å². The number of hydrogen-bond donors (Lipinski definition) is 1. The summed E-state index contributed by atoms with van der Waals surface area (Å²) in [5, 5.41) is 6.04. The van der Waals surface area contributed by atoms with Crippen LogP contribution < -0.4 is 9.88 Å². The quantitative estimate of drug-likeness (QED) is 0.565. The molecule has 0 fully saturated rings. The molecule has 1 N–H and O–H groups in total. The van der Waals surface area contributed by atoms with E-state index in [0.717, 1.165) is 13.0 Å². The SMILES string of the molecule is CCC(=Cc1sc2ccccc2[n+]1CC)C=C1Nc2ccccc2S1. The van der Waals surface area contributed by atoms with Gasteiger partial charge in [-0.2, -0.15) is 4.57 Å². The molecule has 1 aromatic heterocycles. The number of thiazole rings is 1. The number of thioether (sulfide) groups is 1. The van der Waals surface area contributed by atoms with Crippen LogP contribution in [0.1, 0.15) is 25.3 Å². The van der Waals surface area contributed by atoms with Gasteiger partial charge in [-0.3, -0.25) is 0 Å². The third kappa shape index (κ3) is 3.24. The molecule has 0 bridgehead atoms. The van der Waals surface area contributed by atoms with E-state index in [2.05, 4.69) is 84.4 Å². The highest BCUT2D eigenvalue weighted by Crippen LogP contribution is 2.41. The molecule has 1 aliphatic rings. The minimum Gasteiger partial charge on any atom is -0.349 e. The second-order valence-corrected chi connectivity index (χ2v) is 8.10. The van der Waals surface area contributed by atoms with E-state index in [1.165, 1.54) is 36.4 Å². The predicted octanol–water partition coefficient (Wildman–Crippen LogP) is 6.06. The topological polar surface area (TPSA) is 15.9 Å². The molecule has 4 rings (SSSR count). The number of nitrogens with zero attached hydrogens (tertiary/aromatic N) is 1. The summed E-state index contributed by atoms with van der Waals surface area (Å²) in [4.78, 5) is 1.30. The molecule has 0 radical (unpaired) electrons. The number of aromatic nitrogens is 1. The number of fused-ring (bicyclic) bond motifs is 2. The van der Waals surface area contributed by atoms with Crippen molar-refractivity contribution in [2.75, 3.05) is 5.32 Å². The molecule has 0 saturated carbocycles.